The van der Waals surface area contributed by atoms with Gasteiger partial charge >= 0.3 is 0 Å². The summed E-state index contributed by atoms with van der Waals surface area (Å²) in [6.07, 6.45) is 1.68. The number of ether oxygens (including phenoxy) is 1. The van der Waals surface area contributed by atoms with E-state index in [9.17, 15) is 8.60 Å². The summed E-state index contributed by atoms with van der Waals surface area (Å²) in [7, 11) is 0.593. The number of hydrogen-bond acceptors (Lipinski definition) is 3. The summed E-state index contributed by atoms with van der Waals surface area (Å²) in [6.45, 7) is 4.51. The molecule has 0 amide bonds. The third-order valence-electron chi connectivity index (χ3n) is 2.95. The second-order valence-electron chi connectivity index (χ2n) is 4.33. The molecule has 0 aromatic heterocycles. The predicted octanol–water partition coefficient (Wildman–Crippen LogP) is 2.25. The molecule has 18 heavy (non-hydrogen) atoms. The normalized spacial score (nSPS) is 16.1. The van der Waals surface area contributed by atoms with E-state index in [1.165, 1.54) is 13.2 Å². The molecular formula is C13H20FNO2S. The standard InChI is InChI=1S/C13H20FNO2S/c1-9(18(4)16)8-15-10(2)11-5-6-13(17-3)12(14)7-11/h5-7,9-10,15H,8H2,1-4H3/t9-,10-,18-/m0/s1. The Bertz CT molecular complexity index is 425. The first-order valence-electron chi connectivity index (χ1n) is 5.84. The quantitative estimate of drug-likeness (QED) is 0.864. The maximum atomic E-state index is 13.5. The van der Waals surface area contributed by atoms with E-state index in [4.69, 9.17) is 4.74 Å². The lowest BCUT2D eigenvalue weighted by molar-refractivity contribution is 0.385. The highest BCUT2D eigenvalue weighted by atomic mass is 32.2. The monoisotopic (exact) mass is 273 g/mol. The SMILES string of the molecule is COc1ccc([C@H](C)NC[C@H](C)[S@](C)=O)cc1F. The Balaban J connectivity index is 2.64. The highest BCUT2D eigenvalue weighted by Crippen LogP contribution is 2.21. The van der Waals surface area contributed by atoms with Gasteiger partial charge in [-0.2, -0.15) is 0 Å². The average Bonchev–Trinajstić information content (AvgIpc) is 2.35. The molecule has 1 N–H and O–H groups in total. The maximum Gasteiger partial charge on any atom is 0.165 e. The molecule has 0 unspecified atom stereocenters. The number of halogens is 1. The number of nitrogens with one attached hydrogen (secondary N) is 1. The molecule has 1 rings (SSSR count). The van der Waals surface area contributed by atoms with Crippen molar-refractivity contribution in [2.45, 2.75) is 25.1 Å². The molecule has 0 spiro atoms. The van der Waals surface area contributed by atoms with E-state index in [1.807, 2.05) is 19.9 Å². The zero-order chi connectivity index (χ0) is 13.7. The molecule has 0 fully saturated rings. The fraction of sp³-hybridized carbons (Fsp3) is 0.538. The minimum Gasteiger partial charge on any atom is -0.494 e. The summed E-state index contributed by atoms with van der Waals surface area (Å²) in [5, 5.41) is 3.32. The number of rotatable bonds is 6. The van der Waals surface area contributed by atoms with Crippen LogP contribution in [0.25, 0.3) is 0 Å². The molecular weight excluding hydrogens is 253 g/mol. The molecule has 1 aromatic carbocycles. The van der Waals surface area contributed by atoms with Crippen LogP contribution in [0.5, 0.6) is 5.75 Å². The minimum atomic E-state index is -0.849. The Hall–Kier alpha value is -0.940. The molecule has 0 aliphatic heterocycles. The second kappa shape index (κ2) is 6.85. The van der Waals surface area contributed by atoms with Crippen LogP contribution in [0.15, 0.2) is 18.2 Å². The fourth-order valence-corrected chi connectivity index (χ4v) is 1.86. The largest absolute Gasteiger partial charge is 0.494 e. The zero-order valence-corrected chi connectivity index (χ0v) is 12.0. The maximum absolute atomic E-state index is 13.5. The summed E-state index contributed by atoms with van der Waals surface area (Å²) in [5.74, 6) is -0.121. The average molecular weight is 273 g/mol. The van der Waals surface area contributed by atoms with Gasteiger partial charge in [0.15, 0.2) is 11.6 Å². The van der Waals surface area contributed by atoms with E-state index in [-0.39, 0.29) is 22.9 Å². The molecule has 0 saturated heterocycles. The van der Waals surface area contributed by atoms with Crippen LogP contribution in [0.1, 0.15) is 25.5 Å². The Morgan fingerprint density at radius 2 is 2.11 bits per heavy atom. The van der Waals surface area contributed by atoms with Crippen LogP contribution in [-0.4, -0.2) is 29.4 Å². The third kappa shape index (κ3) is 4.07. The first-order valence-corrected chi connectivity index (χ1v) is 7.47. The number of benzene rings is 1. The zero-order valence-electron chi connectivity index (χ0n) is 11.2. The van der Waals surface area contributed by atoms with E-state index in [0.29, 0.717) is 6.54 Å². The first-order chi connectivity index (χ1) is 8.45. The van der Waals surface area contributed by atoms with Crippen LogP contribution in [0, 0.1) is 5.82 Å². The molecule has 0 saturated carbocycles. The van der Waals surface area contributed by atoms with Crippen molar-refractivity contribution in [2.75, 3.05) is 19.9 Å². The summed E-state index contributed by atoms with van der Waals surface area (Å²) in [4.78, 5) is 0. The van der Waals surface area contributed by atoms with Crippen molar-refractivity contribution < 1.29 is 13.3 Å². The molecule has 3 nitrogen and oxygen atoms in total. The van der Waals surface area contributed by atoms with Crippen LogP contribution in [0.3, 0.4) is 0 Å². The number of hydrogen-bond donors (Lipinski definition) is 1. The van der Waals surface area contributed by atoms with Crippen LogP contribution in [0.4, 0.5) is 4.39 Å². The van der Waals surface area contributed by atoms with Crippen LogP contribution < -0.4 is 10.1 Å². The van der Waals surface area contributed by atoms with Crippen molar-refractivity contribution in [3.05, 3.63) is 29.6 Å². The van der Waals surface area contributed by atoms with E-state index >= 15 is 0 Å². The lowest BCUT2D eigenvalue weighted by atomic mass is 10.1. The van der Waals surface area contributed by atoms with E-state index in [0.717, 1.165) is 5.56 Å². The smallest absolute Gasteiger partial charge is 0.165 e. The summed E-state index contributed by atoms with van der Waals surface area (Å²) in [6, 6.07) is 4.91. The Kier molecular flexibility index (Phi) is 5.75. The van der Waals surface area contributed by atoms with E-state index < -0.39 is 10.8 Å². The molecule has 0 aliphatic rings. The van der Waals surface area contributed by atoms with Gasteiger partial charge in [0.1, 0.15) is 0 Å². The second-order valence-corrected chi connectivity index (χ2v) is 6.14. The molecule has 3 atom stereocenters. The summed E-state index contributed by atoms with van der Waals surface area (Å²) in [5.41, 5.74) is 0.849. The molecule has 102 valence electrons. The molecule has 0 heterocycles. The minimum absolute atomic E-state index is 0.0106. The summed E-state index contributed by atoms with van der Waals surface area (Å²) < 4.78 is 29.6. The van der Waals surface area contributed by atoms with Gasteiger partial charge in [0, 0.05) is 34.9 Å². The van der Waals surface area contributed by atoms with Crippen LogP contribution in [0.2, 0.25) is 0 Å². The van der Waals surface area contributed by atoms with Crippen molar-refractivity contribution in [3.63, 3.8) is 0 Å². The van der Waals surface area contributed by atoms with Crippen molar-refractivity contribution >= 4 is 10.8 Å². The van der Waals surface area contributed by atoms with E-state index in [1.54, 1.807) is 12.3 Å². The molecule has 0 aliphatic carbocycles. The molecule has 0 radical (unpaired) electrons. The van der Waals surface area contributed by atoms with Gasteiger partial charge in [0.2, 0.25) is 0 Å². The van der Waals surface area contributed by atoms with Gasteiger partial charge in [-0.05, 0) is 31.5 Å². The topological polar surface area (TPSA) is 38.3 Å². The molecule has 0 bridgehead atoms. The van der Waals surface area contributed by atoms with Gasteiger partial charge < -0.3 is 10.1 Å². The number of methoxy groups -OCH3 is 1. The molecule has 1 aromatic rings. The Morgan fingerprint density at radius 3 is 2.61 bits per heavy atom. The Morgan fingerprint density at radius 1 is 1.44 bits per heavy atom. The van der Waals surface area contributed by atoms with Crippen molar-refractivity contribution in [1.29, 1.82) is 0 Å². The lowest BCUT2D eigenvalue weighted by Gasteiger charge is -2.17. The van der Waals surface area contributed by atoms with Crippen LogP contribution >= 0.6 is 0 Å². The van der Waals surface area contributed by atoms with Gasteiger partial charge in [0.05, 0.1) is 7.11 Å². The summed E-state index contributed by atoms with van der Waals surface area (Å²) >= 11 is 0. The van der Waals surface area contributed by atoms with Crippen LogP contribution in [-0.2, 0) is 10.8 Å². The van der Waals surface area contributed by atoms with Gasteiger partial charge in [-0.15, -0.1) is 0 Å². The Labute approximate surface area is 110 Å². The van der Waals surface area contributed by atoms with Gasteiger partial charge in [-0.3, -0.25) is 4.21 Å². The predicted molar refractivity (Wildman–Crippen MR) is 72.9 cm³/mol. The lowest BCUT2D eigenvalue weighted by Crippen LogP contribution is -2.29. The highest BCUT2D eigenvalue weighted by molar-refractivity contribution is 7.84. The highest BCUT2D eigenvalue weighted by Gasteiger charge is 2.12. The van der Waals surface area contributed by atoms with Crippen molar-refractivity contribution in [1.82, 2.24) is 5.32 Å². The van der Waals surface area contributed by atoms with Crippen molar-refractivity contribution in [3.8, 4) is 5.75 Å². The van der Waals surface area contributed by atoms with Gasteiger partial charge in [-0.25, -0.2) is 4.39 Å². The third-order valence-corrected chi connectivity index (χ3v) is 4.25. The molecule has 5 heteroatoms. The first kappa shape index (κ1) is 15.1. The fourth-order valence-electron chi connectivity index (χ4n) is 1.53. The van der Waals surface area contributed by atoms with Crippen molar-refractivity contribution in [2.24, 2.45) is 0 Å². The van der Waals surface area contributed by atoms with Gasteiger partial charge in [-0.1, -0.05) is 6.07 Å². The van der Waals surface area contributed by atoms with E-state index in [2.05, 4.69) is 5.32 Å². The van der Waals surface area contributed by atoms with Gasteiger partial charge in [0.25, 0.3) is 0 Å².